The highest BCUT2D eigenvalue weighted by molar-refractivity contribution is 6.30. The van der Waals surface area contributed by atoms with Crippen LogP contribution in [0.25, 0.3) is 0 Å². The molecule has 1 nitrogen and oxygen atoms in total. The van der Waals surface area contributed by atoms with Crippen LogP contribution in [0.2, 0.25) is 5.02 Å². The molecule has 1 rings (SSSR count). The molecule has 0 saturated carbocycles. The molecule has 1 atom stereocenters. The molecule has 0 aliphatic rings. The van der Waals surface area contributed by atoms with Gasteiger partial charge >= 0.3 is 0 Å². The van der Waals surface area contributed by atoms with Crippen LogP contribution in [0.1, 0.15) is 24.9 Å². The van der Waals surface area contributed by atoms with E-state index in [0.29, 0.717) is 0 Å². The van der Waals surface area contributed by atoms with E-state index >= 15 is 0 Å². The van der Waals surface area contributed by atoms with Gasteiger partial charge in [-0.3, -0.25) is 0 Å². The molecule has 3 heteroatoms. The molecule has 0 saturated heterocycles. The Hall–Kier alpha value is -0.500. The van der Waals surface area contributed by atoms with Crippen LogP contribution in [0.5, 0.6) is 0 Å². The van der Waals surface area contributed by atoms with Gasteiger partial charge in [0.1, 0.15) is 0 Å². The molecule has 0 unspecified atom stereocenters. The van der Waals surface area contributed by atoms with Crippen LogP contribution in [0.3, 0.4) is 0 Å². The summed E-state index contributed by atoms with van der Waals surface area (Å²) >= 11 is 5.76. The lowest BCUT2D eigenvalue weighted by molar-refractivity contribution is 0.717. The van der Waals surface area contributed by atoms with Crippen LogP contribution in [-0.4, -0.2) is 0 Å². The average molecular weight is 232 g/mol. The summed E-state index contributed by atoms with van der Waals surface area (Å²) in [6.45, 7) is 5.81. The lowest BCUT2D eigenvalue weighted by Gasteiger charge is -2.11. The molecule has 0 bridgehead atoms. The first-order valence-electron chi connectivity index (χ1n) is 4.25. The maximum atomic E-state index is 5.94. The molecule has 0 heterocycles. The van der Waals surface area contributed by atoms with Gasteiger partial charge in [-0.05, 0) is 31.0 Å². The van der Waals surface area contributed by atoms with E-state index in [9.17, 15) is 0 Å². The van der Waals surface area contributed by atoms with E-state index in [1.807, 2.05) is 31.2 Å². The second kappa shape index (κ2) is 6.07. The second-order valence-electron chi connectivity index (χ2n) is 3.32. The van der Waals surface area contributed by atoms with Crippen molar-refractivity contribution >= 4 is 24.0 Å². The normalized spacial score (nSPS) is 11.6. The predicted molar refractivity (Wildman–Crippen MR) is 65.1 cm³/mol. The van der Waals surface area contributed by atoms with Gasteiger partial charge < -0.3 is 5.73 Å². The van der Waals surface area contributed by atoms with Crippen LogP contribution >= 0.6 is 24.0 Å². The molecular formula is C11H15Cl2N. The first-order valence-corrected chi connectivity index (χ1v) is 4.63. The van der Waals surface area contributed by atoms with E-state index in [1.165, 1.54) is 0 Å². The minimum Gasteiger partial charge on any atom is -0.324 e. The Morgan fingerprint density at radius 3 is 2.36 bits per heavy atom. The quantitative estimate of drug-likeness (QED) is 0.789. The molecule has 0 aliphatic carbocycles. The SMILES string of the molecule is C=C(C)C[C@@H](N)c1ccc(Cl)cc1.Cl. The van der Waals surface area contributed by atoms with Crippen molar-refractivity contribution < 1.29 is 0 Å². The molecule has 0 radical (unpaired) electrons. The second-order valence-corrected chi connectivity index (χ2v) is 3.76. The fourth-order valence-corrected chi connectivity index (χ4v) is 1.33. The largest absolute Gasteiger partial charge is 0.324 e. The number of hydrogen-bond acceptors (Lipinski definition) is 1. The molecule has 0 aliphatic heterocycles. The Kier molecular flexibility index (Phi) is 5.86. The molecule has 1 aromatic rings. The van der Waals surface area contributed by atoms with Crippen molar-refractivity contribution in [1.29, 1.82) is 0 Å². The highest BCUT2D eigenvalue weighted by atomic mass is 35.5. The van der Waals surface area contributed by atoms with Gasteiger partial charge in [0.2, 0.25) is 0 Å². The summed E-state index contributed by atoms with van der Waals surface area (Å²) in [5.41, 5.74) is 8.15. The van der Waals surface area contributed by atoms with Gasteiger partial charge in [-0.25, -0.2) is 0 Å². The Balaban J connectivity index is 0.00000169. The Morgan fingerprint density at radius 2 is 1.93 bits per heavy atom. The third kappa shape index (κ3) is 4.14. The molecule has 78 valence electrons. The third-order valence-corrected chi connectivity index (χ3v) is 2.12. The molecule has 2 N–H and O–H groups in total. The van der Waals surface area contributed by atoms with Crippen LogP contribution in [0.4, 0.5) is 0 Å². The van der Waals surface area contributed by atoms with E-state index < -0.39 is 0 Å². The van der Waals surface area contributed by atoms with Crippen molar-refractivity contribution in [2.24, 2.45) is 5.73 Å². The molecule has 0 aromatic heterocycles. The summed E-state index contributed by atoms with van der Waals surface area (Å²) in [5.74, 6) is 0. The zero-order valence-corrected chi connectivity index (χ0v) is 9.74. The summed E-state index contributed by atoms with van der Waals surface area (Å²) in [6, 6.07) is 7.66. The van der Waals surface area contributed by atoms with E-state index in [2.05, 4.69) is 6.58 Å². The van der Waals surface area contributed by atoms with Gasteiger partial charge in [0.05, 0.1) is 0 Å². The Morgan fingerprint density at radius 1 is 1.43 bits per heavy atom. The Labute approximate surface area is 96.4 Å². The summed E-state index contributed by atoms with van der Waals surface area (Å²) in [7, 11) is 0. The van der Waals surface area contributed by atoms with Crippen LogP contribution in [-0.2, 0) is 0 Å². The van der Waals surface area contributed by atoms with Crippen LogP contribution in [0, 0.1) is 0 Å². The lowest BCUT2D eigenvalue weighted by Crippen LogP contribution is -2.09. The van der Waals surface area contributed by atoms with Gasteiger partial charge in [-0.1, -0.05) is 29.3 Å². The smallest absolute Gasteiger partial charge is 0.0406 e. The summed E-state index contributed by atoms with van der Waals surface area (Å²) in [5, 5.41) is 0.742. The van der Waals surface area contributed by atoms with Crippen LogP contribution in [0.15, 0.2) is 36.4 Å². The minimum atomic E-state index is 0. The van der Waals surface area contributed by atoms with Crippen molar-refractivity contribution in [1.82, 2.24) is 0 Å². The standard InChI is InChI=1S/C11H14ClN.ClH/c1-8(2)7-11(13)9-3-5-10(12)6-4-9;/h3-6,11H,1,7,13H2,2H3;1H/t11-;/m1./s1. The fraction of sp³-hybridized carbons (Fsp3) is 0.273. The van der Waals surface area contributed by atoms with Gasteiger partial charge in [0, 0.05) is 11.1 Å². The first kappa shape index (κ1) is 13.5. The van der Waals surface area contributed by atoms with Gasteiger partial charge in [-0.2, -0.15) is 0 Å². The lowest BCUT2D eigenvalue weighted by atomic mass is 10.0. The minimum absolute atomic E-state index is 0. The summed E-state index contributed by atoms with van der Waals surface area (Å²) in [4.78, 5) is 0. The molecule has 0 amide bonds. The number of nitrogens with two attached hydrogens (primary N) is 1. The van der Waals surface area contributed by atoms with Crippen molar-refractivity contribution in [3.63, 3.8) is 0 Å². The average Bonchev–Trinajstić information content (AvgIpc) is 2.04. The van der Waals surface area contributed by atoms with Gasteiger partial charge in [-0.15, -0.1) is 19.0 Å². The molecule has 0 spiro atoms. The van der Waals surface area contributed by atoms with E-state index in [0.717, 1.165) is 22.6 Å². The predicted octanol–water partition coefficient (Wildman–Crippen LogP) is 3.73. The maximum absolute atomic E-state index is 5.94. The zero-order valence-electron chi connectivity index (χ0n) is 8.16. The van der Waals surface area contributed by atoms with Crippen molar-refractivity contribution in [2.75, 3.05) is 0 Å². The zero-order chi connectivity index (χ0) is 9.84. The number of hydrogen-bond donors (Lipinski definition) is 1. The van der Waals surface area contributed by atoms with E-state index in [1.54, 1.807) is 0 Å². The van der Waals surface area contributed by atoms with E-state index in [-0.39, 0.29) is 18.4 Å². The topological polar surface area (TPSA) is 26.0 Å². The summed E-state index contributed by atoms with van der Waals surface area (Å²) in [6.07, 6.45) is 0.821. The molecular weight excluding hydrogens is 217 g/mol. The number of rotatable bonds is 3. The molecule has 0 fully saturated rings. The number of benzene rings is 1. The highest BCUT2D eigenvalue weighted by Gasteiger charge is 2.04. The van der Waals surface area contributed by atoms with E-state index in [4.69, 9.17) is 17.3 Å². The van der Waals surface area contributed by atoms with Crippen molar-refractivity contribution in [3.05, 3.63) is 47.0 Å². The summed E-state index contributed by atoms with van der Waals surface area (Å²) < 4.78 is 0. The fourth-order valence-electron chi connectivity index (χ4n) is 1.20. The maximum Gasteiger partial charge on any atom is 0.0406 e. The molecule has 14 heavy (non-hydrogen) atoms. The van der Waals surface area contributed by atoms with Crippen LogP contribution < -0.4 is 5.73 Å². The monoisotopic (exact) mass is 231 g/mol. The third-order valence-electron chi connectivity index (χ3n) is 1.87. The first-order chi connectivity index (χ1) is 6.09. The van der Waals surface area contributed by atoms with Gasteiger partial charge in [0.25, 0.3) is 0 Å². The van der Waals surface area contributed by atoms with Gasteiger partial charge in [0.15, 0.2) is 0 Å². The molecule has 1 aromatic carbocycles. The van der Waals surface area contributed by atoms with Crippen molar-refractivity contribution in [2.45, 2.75) is 19.4 Å². The van der Waals surface area contributed by atoms with Crippen molar-refractivity contribution in [3.8, 4) is 0 Å². The Bertz CT molecular complexity index is 293. The highest BCUT2D eigenvalue weighted by Crippen LogP contribution is 2.19. The number of halogens is 2.